The molecule has 1 aromatic carbocycles. The van der Waals surface area contributed by atoms with E-state index in [1.165, 1.54) is 36.4 Å². The van der Waals surface area contributed by atoms with E-state index >= 15 is 0 Å². The summed E-state index contributed by atoms with van der Waals surface area (Å²) in [7, 11) is 0. The van der Waals surface area contributed by atoms with Crippen LogP contribution in [0.4, 0.5) is 5.69 Å². The predicted molar refractivity (Wildman–Crippen MR) is 73.4 cm³/mol. The molecule has 0 atom stereocenters. The first-order chi connectivity index (χ1) is 9.49. The lowest BCUT2D eigenvalue weighted by atomic mass is 10.1. The van der Waals surface area contributed by atoms with Gasteiger partial charge in [0.1, 0.15) is 11.3 Å². The Kier molecular flexibility index (Phi) is 3.86. The van der Waals surface area contributed by atoms with Crippen LogP contribution in [0, 0.1) is 0 Å². The van der Waals surface area contributed by atoms with Gasteiger partial charge in [-0.2, -0.15) is 0 Å². The Bertz CT molecular complexity index is 739. The lowest BCUT2D eigenvalue weighted by Gasteiger charge is -2.09. The molecular formula is C13H9ClN2O4. The third-order valence-corrected chi connectivity index (χ3v) is 2.80. The highest BCUT2D eigenvalue weighted by Gasteiger charge is 2.17. The molecule has 2 aromatic rings. The zero-order valence-corrected chi connectivity index (χ0v) is 10.8. The van der Waals surface area contributed by atoms with E-state index in [0.717, 1.165) is 0 Å². The molecule has 0 radical (unpaired) electrons. The van der Waals surface area contributed by atoms with E-state index in [9.17, 15) is 14.4 Å². The maximum Gasteiger partial charge on any atom is 0.339 e. The number of pyridine rings is 1. The number of aromatic amines is 1. The number of carboxylic acid groups (broad SMARTS) is 1. The molecule has 20 heavy (non-hydrogen) atoms. The molecule has 1 amide bonds. The van der Waals surface area contributed by atoms with Crippen LogP contribution >= 0.6 is 11.6 Å². The lowest BCUT2D eigenvalue weighted by molar-refractivity contribution is 0.0698. The van der Waals surface area contributed by atoms with Crippen molar-refractivity contribution in [1.29, 1.82) is 0 Å². The normalized spacial score (nSPS) is 10.1. The molecule has 6 nitrogen and oxygen atoms in total. The molecule has 1 heterocycles. The Hall–Kier alpha value is -2.60. The van der Waals surface area contributed by atoms with E-state index in [-0.39, 0.29) is 22.0 Å². The first kappa shape index (κ1) is 13.8. The number of amides is 1. The highest BCUT2D eigenvalue weighted by Crippen LogP contribution is 2.24. The summed E-state index contributed by atoms with van der Waals surface area (Å²) in [4.78, 5) is 36.5. The molecule has 0 aliphatic rings. The number of carboxylic acids is 1. The largest absolute Gasteiger partial charge is 0.478 e. The van der Waals surface area contributed by atoms with E-state index in [1.807, 2.05) is 0 Å². The molecule has 0 aliphatic carbocycles. The summed E-state index contributed by atoms with van der Waals surface area (Å²) in [6, 6.07) is 8.42. The Labute approximate surface area is 118 Å². The summed E-state index contributed by atoms with van der Waals surface area (Å²) in [5.41, 5.74) is -0.559. The molecule has 0 spiro atoms. The molecule has 0 saturated heterocycles. The number of aromatic carboxylic acids is 1. The molecule has 2 rings (SSSR count). The van der Waals surface area contributed by atoms with E-state index in [4.69, 9.17) is 16.7 Å². The van der Waals surface area contributed by atoms with E-state index in [1.54, 1.807) is 0 Å². The van der Waals surface area contributed by atoms with Crippen molar-refractivity contribution in [1.82, 2.24) is 4.98 Å². The standard InChI is InChI=1S/C13H9ClN2O4/c14-7-3-1-4-8(11(7)13(19)20)16-12(18)9-5-2-6-10(17)15-9/h1-6H,(H,15,17)(H,16,18)(H,19,20). The maximum atomic E-state index is 11.9. The highest BCUT2D eigenvalue weighted by molar-refractivity contribution is 6.34. The van der Waals surface area contributed by atoms with Crippen LogP contribution < -0.4 is 10.9 Å². The lowest BCUT2D eigenvalue weighted by Crippen LogP contribution is -2.19. The van der Waals surface area contributed by atoms with Gasteiger partial charge in [-0.05, 0) is 18.2 Å². The summed E-state index contributed by atoms with van der Waals surface area (Å²) in [6.45, 7) is 0. The topological polar surface area (TPSA) is 99.3 Å². The molecule has 0 fully saturated rings. The number of benzene rings is 1. The molecule has 0 bridgehead atoms. The van der Waals surface area contributed by atoms with Crippen LogP contribution in [-0.2, 0) is 0 Å². The quantitative estimate of drug-likeness (QED) is 0.805. The minimum Gasteiger partial charge on any atom is -0.478 e. The number of nitrogens with one attached hydrogen (secondary N) is 2. The summed E-state index contributed by atoms with van der Waals surface area (Å²) in [6.07, 6.45) is 0. The number of hydrogen-bond acceptors (Lipinski definition) is 3. The van der Waals surface area contributed by atoms with Gasteiger partial charge in [0.15, 0.2) is 0 Å². The first-order valence-corrected chi connectivity index (χ1v) is 5.89. The van der Waals surface area contributed by atoms with Gasteiger partial charge >= 0.3 is 5.97 Å². The third-order valence-electron chi connectivity index (χ3n) is 2.49. The van der Waals surface area contributed by atoms with Gasteiger partial charge in [-0.25, -0.2) is 4.79 Å². The van der Waals surface area contributed by atoms with Gasteiger partial charge in [-0.3, -0.25) is 9.59 Å². The Morgan fingerprint density at radius 2 is 1.85 bits per heavy atom. The monoisotopic (exact) mass is 292 g/mol. The molecule has 0 saturated carbocycles. The van der Waals surface area contributed by atoms with Crippen LogP contribution in [0.1, 0.15) is 20.8 Å². The van der Waals surface area contributed by atoms with Crippen LogP contribution in [0.5, 0.6) is 0 Å². The smallest absolute Gasteiger partial charge is 0.339 e. The second-order valence-electron chi connectivity index (χ2n) is 3.85. The van der Waals surface area contributed by atoms with E-state index in [0.29, 0.717) is 0 Å². The van der Waals surface area contributed by atoms with E-state index < -0.39 is 17.4 Å². The van der Waals surface area contributed by atoms with Gasteiger partial charge in [0.05, 0.1) is 10.7 Å². The van der Waals surface area contributed by atoms with Gasteiger partial charge in [0.2, 0.25) is 5.56 Å². The van der Waals surface area contributed by atoms with Crippen molar-refractivity contribution < 1.29 is 14.7 Å². The number of H-pyrrole nitrogens is 1. The zero-order chi connectivity index (χ0) is 14.7. The Balaban J connectivity index is 2.36. The van der Waals surface area contributed by atoms with Gasteiger partial charge in [0, 0.05) is 6.07 Å². The van der Waals surface area contributed by atoms with Crippen molar-refractivity contribution in [2.45, 2.75) is 0 Å². The predicted octanol–water partition coefficient (Wildman–Crippen LogP) is 1.98. The number of rotatable bonds is 3. The van der Waals surface area contributed by atoms with Crippen LogP contribution in [0.15, 0.2) is 41.2 Å². The molecule has 1 aromatic heterocycles. The number of anilines is 1. The zero-order valence-electron chi connectivity index (χ0n) is 10.0. The molecule has 7 heteroatoms. The molecule has 3 N–H and O–H groups in total. The van der Waals surface area contributed by atoms with Crippen LogP contribution in [-0.4, -0.2) is 22.0 Å². The van der Waals surface area contributed by atoms with Gasteiger partial charge in [-0.15, -0.1) is 0 Å². The van der Waals surface area contributed by atoms with Gasteiger partial charge in [0.25, 0.3) is 5.91 Å². The molecule has 102 valence electrons. The SMILES string of the molecule is O=C(Nc1cccc(Cl)c1C(=O)O)c1cccc(=O)[nH]1. The number of aromatic nitrogens is 1. The summed E-state index contributed by atoms with van der Waals surface area (Å²) in [5, 5.41) is 11.5. The average Bonchev–Trinajstić information content (AvgIpc) is 2.38. The van der Waals surface area contributed by atoms with Crippen molar-refractivity contribution >= 4 is 29.2 Å². The first-order valence-electron chi connectivity index (χ1n) is 5.51. The second kappa shape index (κ2) is 5.58. The van der Waals surface area contributed by atoms with Crippen molar-refractivity contribution in [3.8, 4) is 0 Å². The second-order valence-corrected chi connectivity index (χ2v) is 4.26. The number of carbonyl (C=O) groups excluding carboxylic acids is 1. The fraction of sp³-hybridized carbons (Fsp3) is 0. The average molecular weight is 293 g/mol. The Morgan fingerprint density at radius 3 is 2.50 bits per heavy atom. The minimum absolute atomic E-state index is 0.0110. The number of halogens is 1. The Morgan fingerprint density at radius 1 is 1.15 bits per heavy atom. The van der Waals surface area contributed by atoms with Crippen LogP contribution in [0.25, 0.3) is 0 Å². The summed E-state index contributed by atoms with van der Waals surface area (Å²) < 4.78 is 0. The molecular weight excluding hydrogens is 284 g/mol. The van der Waals surface area contributed by atoms with Gasteiger partial charge < -0.3 is 15.4 Å². The number of hydrogen-bond donors (Lipinski definition) is 3. The highest BCUT2D eigenvalue weighted by atomic mass is 35.5. The third kappa shape index (κ3) is 2.86. The summed E-state index contributed by atoms with van der Waals surface area (Å²) >= 11 is 5.79. The fourth-order valence-electron chi connectivity index (χ4n) is 1.62. The van der Waals surface area contributed by atoms with Crippen molar-refractivity contribution in [3.63, 3.8) is 0 Å². The van der Waals surface area contributed by atoms with Crippen molar-refractivity contribution in [2.24, 2.45) is 0 Å². The van der Waals surface area contributed by atoms with Crippen LogP contribution in [0.2, 0.25) is 5.02 Å². The minimum atomic E-state index is -1.26. The maximum absolute atomic E-state index is 11.9. The summed E-state index contributed by atoms with van der Waals surface area (Å²) in [5.74, 6) is -1.89. The van der Waals surface area contributed by atoms with Crippen LogP contribution in [0.3, 0.4) is 0 Å². The van der Waals surface area contributed by atoms with Crippen molar-refractivity contribution in [2.75, 3.05) is 5.32 Å². The van der Waals surface area contributed by atoms with Crippen molar-refractivity contribution in [3.05, 3.63) is 63.0 Å². The van der Waals surface area contributed by atoms with Gasteiger partial charge in [-0.1, -0.05) is 23.7 Å². The molecule has 0 aliphatic heterocycles. The number of carbonyl (C=O) groups is 2. The fourth-order valence-corrected chi connectivity index (χ4v) is 1.87. The molecule has 0 unspecified atom stereocenters. The van der Waals surface area contributed by atoms with E-state index in [2.05, 4.69) is 10.3 Å².